The maximum absolute atomic E-state index is 14.5. The van der Waals surface area contributed by atoms with Gasteiger partial charge in [-0.3, -0.25) is 19.3 Å². The Bertz CT molecular complexity index is 1340. The molecule has 0 saturated carbocycles. The zero-order chi connectivity index (χ0) is 23.4. The number of aromatic hydroxyl groups is 1. The van der Waals surface area contributed by atoms with Gasteiger partial charge in [-0.1, -0.05) is 23.7 Å². The Morgan fingerprint density at radius 2 is 1.94 bits per heavy atom. The number of halogens is 2. The fourth-order valence-electron chi connectivity index (χ4n) is 4.45. The lowest BCUT2D eigenvalue weighted by Gasteiger charge is -2.45. The second-order valence-electron chi connectivity index (χ2n) is 8.35. The average Bonchev–Trinajstić information content (AvgIpc) is 2.93. The fourth-order valence-corrected chi connectivity index (χ4v) is 5.90. The summed E-state index contributed by atoms with van der Waals surface area (Å²) in [7, 11) is 0. The van der Waals surface area contributed by atoms with Gasteiger partial charge in [-0.25, -0.2) is 4.39 Å². The molecule has 2 aliphatic heterocycles. The second-order valence-corrected chi connectivity index (χ2v) is 9.78. The monoisotopic (exact) mass is 485 g/mol. The Hall–Kier alpha value is -2.97. The number of hydrogen-bond donors (Lipinski definition) is 1. The summed E-state index contributed by atoms with van der Waals surface area (Å²) in [6.07, 6.45) is 1.48. The standard InChI is InChI=1S/C24H21ClFN3O3S/c1-13(2)27-12-29(28-9-8-19(30)23(31)22(28)24(27)32)21-15-4-3-5-18(25)17(15)11-33-20-7-6-14(26)10-16(20)21/h3-10,13,21,31H,11-12H2,1-2H3. The van der Waals surface area contributed by atoms with Crippen molar-refractivity contribution >= 4 is 29.3 Å². The summed E-state index contributed by atoms with van der Waals surface area (Å²) in [5.41, 5.74) is 1.78. The van der Waals surface area contributed by atoms with Crippen LogP contribution >= 0.6 is 23.4 Å². The molecular formula is C24H21ClFN3O3S. The van der Waals surface area contributed by atoms with Gasteiger partial charge in [0.15, 0.2) is 11.4 Å². The number of amides is 1. The molecule has 0 aliphatic carbocycles. The van der Waals surface area contributed by atoms with Crippen molar-refractivity contribution in [1.29, 1.82) is 0 Å². The van der Waals surface area contributed by atoms with Gasteiger partial charge in [-0.05, 0) is 54.8 Å². The Balaban J connectivity index is 1.82. The first kappa shape index (κ1) is 21.9. The Kier molecular flexibility index (Phi) is 5.37. The molecule has 0 radical (unpaired) electrons. The molecule has 1 atom stereocenters. The van der Waals surface area contributed by atoms with Crippen molar-refractivity contribution in [3.05, 3.63) is 92.1 Å². The van der Waals surface area contributed by atoms with Crippen LogP contribution in [0.4, 0.5) is 4.39 Å². The van der Waals surface area contributed by atoms with Gasteiger partial charge in [0.25, 0.3) is 5.91 Å². The molecule has 2 aromatic carbocycles. The number of carbonyl (C=O) groups is 1. The summed E-state index contributed by atoms with van der Waals surface area (Å²) in [6.45, 7) is 3.90. The third-order valence-corrected chi connectivity index (χ3v) is 7.57. The molecule has 3 aromatic rings. The van der Waals surface area contributed by atoms with E-state index in [1.54, 1.807) is 22.7 Å². The van der Waals surface area contributed by atoms with Crippen LogP contribution in [-0.4, -0.2) is 33.3 Å². The maximum atomic E-state index is 14.5. The van der Waals surface area contributed by atoms with Gasteiger partial charge >= 0.3 is 0 Å². The molecule has 0 spiro atoms. The van der Waals surface area contributed by atoms with E-state index in [-0.39, 0.29) is 24.2 Å². The summed E-state index contributed by atoms with van der Waals surface area (Å²) in [5, 5.41) is 13.0. The van der Waals surface area contributed by atoms with Crippen LogP contribution in [0.25, 0.3) is 0 Å². The smallest absolute Gasteiger partial charge is 0.278 e. The second kappa shape index (κ2) is 8.11. The molecule has 170 valence electrons. The van der Waals surface area contributed by atoms with E-state index in [1.807, 2.05) is 37.1 Å². The highest BCUT2D eigenvalue weighted by molar-refractivity contribution is 7.98. The third kappa shape index (κ3) is 3.48. The van der Waals surface area contributed by atoms with Crippen molar-refractivity contribution in [1.82, 2.24) is 9.58 Å². The van der Waals surface area contributed by atoms with Gasteiger partial charge in [-0.15, -0.1) is 11.8 Å². The van der Waals surface area contributed by atoms with Crippen LogP contribution in [0.3, 0.4) is 0 Å². The number of thioether (sulfide) groups is 1. The van der Waals surface area contributed by atoms with Crippen LogP contribution in [0.15, 0.2) is 58.4 Å². The normalized spacial score (nSPS) is 17.5. The van der Waals surface area contributed by atoms with Crippen molar-refractivity contribution in [2.24, 2.45) is 0 Å². The van der Waals surface area contributed by atoms with Crippen LogP contribution < -0.4 is 10.4 Å². The molecule has 2 aliphatic rings. The SMILES string of the molecule is CC(C)N1CN(C2c3cc(F)ccc3SCc3c(Cl)cccc32)n2ccc(=O)c(O)c2C1=O. The Labute approximate surface area is 199 Å². The fraction of sp³-hybridized carbons (Fsp3) is 0.250. The lowest BCUT2D eigenvalue weighted by molar-refractivity contribution is 0.0621. The summed E-state index contributed by atoms with van der Waals surface area (Å²) in [6, 6.07) is 10.8. The van der Waals surface area contributed by atoms with Gasteiger partial charge in [0.2, 0.25) is 5.43 Å². The molecule has 1 amide bonds. The molecule has 0 bridgehead atoms. The molecule has 33 heavy (non-hydrogen) atoms. The van der Waals surface area contributed by atoms with Crippen molar-refractivity contribution in [3.8, 4) is 5.75 Å². The van der Waals surface area contributed by atoms with Crippen LogP contribution in [0, 0.1) is 5.82 Å². The zero-order valence-electron chi connectivity index (χ0n) is 18.0. The lowest BCUT2D eigenvalue weighted by atomic mass is 9.94. The minimum Gasteiger partial charge on any atom is -0.502 e. The summed E-state index contributed by atoms with van der Waals surface area (Å²) < 4.78 is 16.0. The number of pyridine rings is 1. The number of aromatic nitrogens is 1. The number of carbonyl (C=O) groups excluding carboxylic acids is 1. The summed E-state index contributed by atoms with van der Waals surface area (Å²) in [5.74, 6) is -0.814. The first-order valence-corrected chi connectivity index (χ1v) is 11.9. The minimum absolute atomic E-state index is 0.110. The first-order chi connectivity index (χ1) is 15.8. The van der Waals surface area contributed by atoms with Crippen molar-refractivity contribution in [2.75, 3.05) is 11.7 Å². The molecule has 6 nitrogen and oxygen atoms in total. The highest BCUT2D eigenvalue weighted by Gasteiger charge is 2.39. The maximum Gasteiger partial charge on any atom is 0.278 e. The van der Waals surface area contributed by atoms with E-state index >= 15 is 0 Å². The molecule has 1 unspecified atom stereocenters. The van der Waals surface area contributed by atoms with Gasteiger partial charge in [0.05, 0.1) is 6.04 Å². The third-order valence-electron chi connectivity index (χ3n) is 6.10. The topological polar surface area (TPSA) is 65.8 Å². The predicted molar refractivity (Wildman–Crippen MR) is 126 cm³/mol. The molecule has 0 saturated heterocycles. The van der Waals surface area contributed by atoms with Crippen molar-refractivity contribution < 1.29 is 14.3 Å². The molecule has 1 N–H and O–H groups in total. The van der Waals surface area contributed by atoms with Gasteiger partial charge in [0, 0.05) is 34.0 Å². The van der Waals surface area contributed by atoms with E-state index in [2.05, 4.69) is 0 Å². The molecule has 5 rings (SSSR count). The van der Waals surface area contributed by atoms with E-state index in [1.165, 1.54) is 29.1 Å². The van der Waals surface area contributed by atoms with Gasteiger partial charge < -0.3 is 10.0 Å². The first-order valence-electron chi connectivity index (χ1n) is 10.5. The number of nitrogens with zero attached hydrogens (tertiary/aromatic N) is 3. The quantitative estimate of drug-likeness (QED) is 0.579. The van der Waals surface area contributed by atoms with E-state index in [4.69, 9.17) is 11.6 Å². The minimum atomic E-state index is -0.633. The number of hydrogen-bond acceptors (Lipinski definition) is 5. The zero-order valence-corrected chi connectivity index (χ0v) is 19.5. The number of benzene rings is 2. The molecule has 3 heterocycles. The van der Waals surface area contributed by atoms with E-state index in [0.29, 0.717) is 10.8 Å². The van der Waals surface area contributed by atoms with Crippen molar-refractivity contribution in [3.63, 3.8) is 0 Å². The Morgan fingerprint density at radius 1 is 1.15 bits per heavy atom. The summed E-state index contributed by atoms with van der Waals surface area (Å²) >= 11 is 8.15. The largest absolute Gasteiger partial charge is 0.502 e. The summed E-state index contributed by atoms with van der Waals surface area (Å²) in [4.78, 5) is 27.9. The van der Waals surface area contributed by atoms with Crippen LogP contribution in [0.1, 0.15) is 47.1 Å². The van der Waals surface area contributed by atoms with E-state index in [9.17, 15) is 19.1 Å². The molecular weight excluding hydrogens is 465 g/mol. The average molecular weight is 486 g/mol. The lowest BCUT2D eigenvalue weighted by Crippen LogP contribution is -2.57. The van der Waals surface area contributed by atoms with Crippen LogP contribution in [0.2, 0.25) is 5.02 Å². The highest BCUT2D eigenvalue weighted by Crippen LogP contribution is 2.45. The molecule has 0 fully saturated rings. The molecule has 9 heteroatoms. The van der Waals surface area contributed by atoms with Gasteiger partial charge in [-0.2, -0.15) is 0 Å². The highest BCUT2D eigenvalue weighted by atomic mass is 35.5. The van der Waals surface area contributed by atoms with Gasteiger partial charge in [0.1, 0.15) is 12.5 Å². The van der Waals surface area contributed by atoms with Crippen molar-refractivity contribution in [2.45, 2.75) is 36.6 Å². The Morgan fingerprint density at radius 3 is 2.70 bits per heavy atom. The van der Waals surface area contributed by atoms with Crippen LogP contribution in [-0.2, 0) is 5.75 Å². The number of fused-ring (bicyclic) bond motifs is 3. The van der Waals surface area contributed by atoms with Crippen LogP contribution in [0.5, 0.6) is 5.75 Å². The molecule has 1 aromatic heterocycles. The number of rotatable bonds is 2. The van der Waals surface area contributed by atoms with E-state index < -0.39 is 23.1 Å². The predicted octanol–water partition coefficient (Wildman–Crippen LogP) is 4.50. The van der Waals surface area contributed by atoms with E-state index in [0.717, 1.165) is 21.6 Å².